The van der Waals surface area contributed by atoms with Crippen LogP contribution >= 0.6 is 0 Å². The van der Waals surface area contributed by atoms with Crippen LogP contribution in [0.5, 0.6) is 5.75 Å². The van der Waals surface area contributed by atoms with Crippen molar-refractivity contribution in [1.29, 1.82) is 0 Å². The van der Waals surface area contributed by atoms with Crippen LogP contribution < -0.4 is 10.1 Å². The predicted molar refractivity (Wildman–Crippen MR) is 77.8 cm³/mol. The van der Waals surface area contributed by atoms with E-state index in [9.17, 15) is 4.79 Å². The van der Waals surface area contributed by atoms with Gasteiger partial charge >= 0.3 is 0 Å². The van der Waals surface area contributed by atoms with Crippen molar-refractivity contribution in [3.8, 4) is 5.75 Å². The Balaban J connectivity index is 1.51. The van der Waals surface area contributed by atoms with Gasteiger partial charge in [-0.15, -0.1) is 0 Å². The van der Waals surface area contributed by atoms with Crippen LogP contribution in [-0.4, -0.2) is 17.5 Å². The summed E-state index contributed by atoms with van der Waals surface area (Å²) in [6, 6.07) is 16.7. The number of nitrogens with one attached hydrogen (secondary N) is 1. The molecule has 3 aromatic rings. The van der Waals surface area contributed by atoms with E-state index in [4.69, 9.17) is 9.15 Å². The number of nitrogens with zero attached hydrogens (tertiary/aromatic N) is 1. The normalized spacial score (nSPS) is 10.5. The number of hydrogen-bond donors (Lipinski definition) is 1. The molecule has 0 aliphatic rings. The number of aromatic nitrogens is 1. The summed E-state index contributed by atoms with van der Waals surface area (Å²) < 4.78 is 10.9. The molecule has 0 atom stereocenters. The topological polar surface area (TPSA) is 64.4 Å². The Labute approximate surface area is 121 Å². The third-order valence-corrected chi connectivity index (χ3v) is 2.89. The van der Waals surface area contributed by atoms with Gasteiger partial charge in [-0.25, -0.2) is 4.98 Å². The van der Waals surface area contributed by atoms with Crippen LogP contribution in [-0.2, 0) is 11.3 Å². The van der Waals surface area contributed by atoms with E-state index < -0.39 is 0 Å². The molecule has 0 spiro atoms. The maximum Gasteiger partial charge on any atom is 0.258 e. The Morgan fingerprint density at radius 3 is 2.67 bits per heavy atom. The minimum atomic E-state index is -0.221. The molecule has 5 nitrogen and oxygen atoms in total. The number of fused-ring (bicyclic) bond motifs is 1. The monoisotopic (exact) mass is 282 g/mol. The Morgan fingerprint density at radius 2 is 1.86 bits per heavy atom. The highest BCUT2D eigenvalue weighted by Gasteiger charge is 2.07. The minimum Gasteiger partial charge on any atom is -0.484 e. The van der Waals surface area contributed by atoms with Gasteiger partial charge in [0, 0.05) is 0 Å². The standard InChI is InChI=1S/C16H14N2O3/c19-15(11-20-12-6-2-1-3-7-12)17-10-16-18-13-8-4-5-9-14(13)21-16/h1-9H,10-11H2,(H,17,19). The number of carbonyl (C=O) groups excluding carboxylic acids is 1. The lowest BCUT2D eigenvalue weighted by molar-refractivity contribution is -0.123. The van der Waals surface area contributed by atoms with Crippen LogP contribution in [0.3, 0.4) is 0 Å². The van der Waals surface area contributed by atoms with Crippen molar-refractivity contribution in [1.82, 2.24) is 10.3 Å². The molecule has 1 heterocycles. The largest absolute Gasteiger partial charge is 0.484 e. The maximum absolute atomic E-state index is 11.7. The second-order valence-electron chi connectivity index (χ2n) is 4.45. The van der Waals surface area contributed by atoms with Crippen molar-refractivity contribution < 1.29 is 13.9 Å². The van der Waals surface area contributed by atoms with Gasteiger partial charge in [0.15, 0.2) is 12.2 Å². The van der Waals surface area contributed by atoms with Gasteiger partial charge in [0.05, 0.1) is 6.54 Å². The lowest BCUT2D eigenvalue weighted by Gasteiger charge is -2.05. The van der Waals surface area contributed by atoms with Gasteiger partial charge < -0.3 is 14.5 Å². The Hall–Kier alpha value is -2.82. The SMILES string of the molecule is O=C(COc1ccccc1)NCc1nc2ccccc2o1. The first-order valence-electron chi connectivity index (χ1n) is 6.60. The lowest BCUT2D eigenvalue weighted by Crippen LogP contribution is -2.28. The maximum atomic E-state index is 11.7. The van der Waals surface area contributed by atoms with Gasteiger partial charge in [0.1, 0.15) is 11.3 Å². The zero-order valence-corrected chi connectivity index (χ0v) is 11.3. The number of benzene rings is 2. The van der Waals surface area contributed by atoms with Crippen molar-refractivity contribution in [3.05, 3.63) is 60.5 Å². The van der Waals surface area contributed by atoms with Gasteiger partial charge in [0.2, 0.25) is 5.89 Å². The van der Waals surface area contributed by atoms with E-state index in [0.717, 1.165) is 5.52 Å². The molecule has 1 amide bonds. The lowest BCUT2D eigenvalue weighted by atomic mass is 10.3. The first-order chi connectivity index (χ1) is 10.3. The molecular formula is C16H14N2O3. The fourth-order valence-corrected chi connectivity index (χ4v) is 1.89. The van der Waals surface area contributed by atoms with E-state index in [2.05, 4.69) is 10.3 Å². The third kappa shape index (κ3) is 3.39. The Morgan fingerprint density at radius 1 is 1.10 bits per heavy atom. The highest BCUT2D eigenvalue weighted by molar-refractivity contribution is 5.77. The zero-order chi connectivity index (χ0) is 14.5. The van der Waals surface area contributed by atoms with Crippen LogP contribution in [0.15, 0.2) is 59.0 Å². The molecule has 2 aromatic carbocycles. The summed E-state index contributed by atoms with van der Waals surface area (Å²) in [5.41, 5.74) is 1.49. The highest BCUT2D eigenvalue weighted by atomic mass is 16.5. The molecule has 3 rings (SSSR count). The summed E-state index contributed by atoms with van der Waals surface area (Å²) in [5, 5.41) is 2.71. The number of rotatable bonds is 5. The van der Waals surface area contributed by atoms with Crippen LogP contribution in [0.2, 0.25) is 0 Å². The average molecular weight is 282 g/mol. The molecule has 1 N–H and O–H groups in total. The number of carbonyl (C=O) groups is 1. The molecule has 0 unspecified atom stereocenters. The molecular weight excluding hydrogens is 268 g/mol. The smallest absolute Gasteiger partial charge is 0.258 e. The fraction of sp³-hybridized carbons (Fsp3) is 0.125. The van der Waals surface area contributed by atoms with Crippen LogP contribution in [0, 0.1) is 0 Å². The van der Waals surface area contributed by atoms with E-state index in [1.165, 1.54) is 0 Å². The summed E-state index contributed by atoms with van der Waals surface area (Å²) in [5.74, 6) is 0.917. The zero-order valence-electron chi connectivity index (χ0n) is 11.3. The molecule has 0 bridgehead atoms. The van der Waals surface area contributed by atoms with Gasteiger partial charge in [0.25, 0.3) is 5.91 Å². The molecule has 0 saturated heterocycles. The van der Waals surface area contributed by atoms with Crippen LogP contribution in [0.25, 0.3) is 11.1 Å². The number of ether oxygens (including phenoxy) is 1. The van der Waals surface area contributed by atoms with Crippen molar-refractivity contribution in [2.24, 2.45) is 0 Å². The summed E-state index contributed by atoms with van der Waals surface area (Å²) >= 11 is 0. The van der Waals surface area contributed by atoms with E-state index >= 15 is 0 Å². The van der Waals surface area contributed by atoms with Crippen molar-refractivity contribution in [2.75, 3.05) is 6.61 Å². The van der Waals surface area contributed by atoms with Crippen LogP contribution in [0.1, 0.15) is 5.89 Å². The minimum absolute atomic E-state index is 0.0375. The van der Waals surface area contributed by atoms with Gasteiger partial charge in [-0.1, -0.05) is 30.3 Å². The molecule has 0 saturated carbocycles. The van der Waals surface area contributed by atoms with Crippen molar-refractivity contribution in [2.45, 2.75) is 6.54 Å². The molecule has 1 aromatic heterocycles. The molecule has 0 fully saturated rings. The number of oxazole rings is 1. The highest BCUT2D eigenvalue weighted by Crippen LogP contribution is 2.14. The summed E-state index contributed by atoms with van der Waals surface area (Å²) in [7, 11) is 0. The number of hydrogen-bond acceptors (Lipinski definition) is 4. The summed E-state index contributed by atoms with van der Waals surface area (Å²) in [6.07, 6.45) is 0. The molecule has 0 aliphatic heterocycles. The quantitative estimate of drug-likeness (QED) is 0.781. The molecule has 0 radical (unpaired) electrons. The van der Waals surface area contributed by atoms with Gasteiger partial charge in [-0.05, 0) is 24.3 Å². The third-order valence-electron chi connectivity index (χ3n) is 2.89. The van der Waals surface area contributed by atoms with Gasteiger partial charge in [-0.3, -0.25) is 4.79 Å². The fourth-order valence-electron chi connectivity index (χ4n) is 1.89. The van der Waals surface area contributed by atoms with Crippen molar-refractivity contribution in [3.63, 3.8) is 0 Å². The average Bonchev–Trinajstić information content (AvgIpc) is 2.95. The van der Waals surface area contributed by atoms with E-state index in [-0.39, 0.29) is 19.1 Å². The molecule has 5 heteroatoms. The summed E-state index contributed by atoms with van der Waals surface area (Å²) in [6.45, 7) is 0.204. The number of amides is 1. The Bertz CT molecular complexity index is 704. The second kappa shape index (κ2) is 6.09. The first-order valence-corrected chi connectivity index (χ1v) is 6.60. The van der Waals surface area contributed by atoms with Crippen LogP contribution in [0.4, 0.5) is 0 Å². The predicted octanol–water partition coefficient (Wildman–Crippen LogP) is 2.52. The molecule has 106 valence electrons. The number of para-hydroxylation sites is 3. The van der Waals surface area contributed by atoms with Crippen molar-refractivity contribution >= 4 is 17.0 Å². The van der Waals surface area contributed by atoms with E-state index in [0.29, 0.717) is 17.2 Å². The summed E-state index contributed by atoms with van der Waals surface area (Å²) in [4.78, 5) is 16.0. The van der Waals surface area contributed by atoms with E-state index in [1.54, 1.807) is 12.1 Å². The molecule has 0 aliphatic carbocycles. The second-order valence-corrected chi connectivity index (χ2v) is 4.45. The Kier molecular flexibility index (Phi) is 3.82. The molecule has 21 heavy (non-hydrogen) atoms. The van der Waals surface area contributed by atoms with Gasteiger partial charge in [-0.2, -0.15) is 0 Å². The van der Waals surface area contributed by atoms with E-state index in [1.807, 2.05) is 42.5 Å². The first kappa shape index (κ1) is 13.2.